The predicted molar refractivity (Wildman–Crippen MR) is 68.6 cm³/mol. The Kier molecular flexibility index (Phi) is 4.96. The highest BCUT2D eigenvalue weighted by molar-refractivity contribution is 7.18. The number of carbonyl (C=O) groups excluding carboxylic acids is 1. The van der Waals surface area contributed by atoms with Gasteiger partial charge in [-0.15, -0.1) is 11.3 Å². The summed E-state index contributed by atoms with van der Waals surface area (Å²) in [7, 11) is 0. The van der Waals surface area contributed by atoms with Gasteiger partial charge in [-0.3, -0.25) is 4.79 Å². The summed E-state index contributed by atoms with van der Waals surface area (Å²) in [6.45, 7) is 7.22. The van der Waals surface area contributed by atoms with Gasteiger partial charge < -0.3 is 4.74 Å². The van der Waals surface area contributed by atoms with Crippen molar-refractivity contribution in [3.63, 3.8) is 0 Å². The average Bonchev–Trinajstić information content (AvgIpc) is 2.57. The molecule has 0 aromatic carbocycles. The Hall–Kier alpha value is -0.380. The Bertz CT molecular complexity index is 352. The van der Waals surface area contributed by atoms with Gasteiger partial charge >= 0.3 is 0 Å². The molecule has 0 fully saturated rings. The van der Waals surface area contributed by atoms with E-state index in [9.17, 15) is 4.79 Å². The minimum atomic E-state index is 0.00538. The zero-order chi connectivity index (χ0) is 12.2. The van der Waals surface area contributed by atoms with Crippen LogP contribution in [0.5, 0.6) is 0 Å². The maximum Gasteiger partial charge on any atom is 0.198 e. The lowest BCUT2D eigenvalue weighted by atomic mass is 9.93. The molecule has 0 N–H and O–H groups in total. The Balaban J connectivity index is 2.26. The number of Topliss-reactive ketones (excluding diaryl/α,β-unsaturated/α-hetero) is 1. The van der Waals surface area contributed by atoms with Gasteiger partial charge in [-0.05, 0) is 24.0 Å². The summed E-state index contributed by atoms with van der Waals surface area (Å²) in [5.41, 5.74) is 0.245. The number of ketones is 1. The first-order valence-electron chi connectivity index (χ1n) is 5.25. The minimum absolute atomic E-state index is 0.00538. The zero-order valence-corrected chi connectivity index (χ0v) is 11.5. The number of halogens is 1. The number of hydrogen-bond acceptors (Lipinski definition) is 3. The van der Waals surface area contributed by atoms with Gasteiger partial charge in [0, 0.05) is 6.61 Å². The molecule has 1 aromatic rings. The summed E-state index contributed by atoms with van der Waals surface area (Å²) in [5.74, 6) is 0.00538. The summed E-state index contributed by atoms with van der Waals surface area (Å²) in [5, 5.41) is 0. The summed E-state index contributed by atoms with van der Waals surface area (Å²) in [6, 6.07) is 3.47. The summed E-state index contributed by atoms with van der Waals surface area (Å²) in [4.78, 5) is 12.3. The third-order valence-electron chi connectivity index (χ3n) is 2.08. The van der Waals surface area contributed by atoms with Crippen LogP contribution in [0.4, 0.5) is 0 Å². The molecular formula is C12H17ClO2S. The first-order valence-corrected chi connectivity index (χ1v) is 6.44. The fourth-order valence-corrected chi connectivity index (χ4v) is 2.05. The van der Waals surface area contributed by atoms with E-state index in [0.717, 1.165) is 6.42 Å². The number of hydrogen-bond donors (Lipinski definition) is 0. The lowest BCUT2D eigenvalue weighted by Gasteiger charge is -2.17. The molecule has 0 aliphatic rings. The van der Waals surface area contributed by atoms with Crippen molar-refractivity contribution in [2.45, 2.75) is 27.2 Å². The van der Waals surface area contributed by atoms with Gasteiger partial charge in [0.15, 0.2) is 5.78 Å². The fourth-order valence-electron chi connectivity index (χ4n) is 1.08. The minimum Gasteiger partial charge on any atom is -0.373 e. The van der Waals surface area contributed by atoms with Crippen molar-refractivity contribution in [3.8, 4) is 0 Å². The van der Waals surface area contributed by atoms with E-state index in [4.69, 9.17) is 16.3 Å². The highest BCUT2D eigenvalue weighted by Crippen LogP contribution is 2.22. The van der Waals surface area contributed by atoms with Crippen molar-refractivity contribution in [1.82, 2.24) is 0 Å². The van der Waals surface area contributed by atoms with Crippen LogP contribution in [0.2, 0.25) is 4.34 Å². The van der Waals surface area contributed by atoms with Crippen LogP contribution in [0.15, 0.2) is 12.1 Å². The molecular weight excluding hydrogens is 244 g/mol. The second-order valence-electron chi connectivity index (χ2n) is 4.89. The summed E-state index contributed by atoms with van der Waals surface area (Å²) < 4.78 is 5.99. The monoisotopic (exact) mass is 260 g/mol. The van der Waals surface area contributed by atoms with E-state index >= 15 is 0 Å². The summed E-state index contributed by atoms with van der Waals surface area (Å²) in [6.07, 6.45) is 0.950. The molecule has 0 atom stereocenters. The zero-order valence-electron chi connectivity index (χ0n) is 9.88. The molecule has 4 heteroatoms. The first-order chi connectivity index (χ1) is 7.38. The molecule has 0 unspecified atom stereocenters. The van der Waals surface area contributed by atoms with Crippen LogP contribution in [0, 0.1) is 5.41 Å². The van der Waals surface area contributed by atoms with E-state index in [1.807, 2.05) is 0 Å². The van der Waals surface area contributed by atoms with Crippen molar-refractivity contribution < 1.29 is 9.53 Å². The average molecular weight is 261 g/mol. The molecule has 90 valence electrons. The van der Waals surface area contributed by atoms with Crippen LogP contribution in [0.25, 0.3) is 0 Å². The maximum absolute atomic E-state index is 11.6. The topological polar surface area (TPSA) is 26.3 Å². The Morgan fingerprint density at radius 3 is 2.62 bits per heavy atom. The predicted octanol–water partition coefficient (Wildman–Crippen LogP) is 4.04. The highest BCUT2D eigenvalue weighted by atomic mass is 35.5. The molecule has 0 aliphatic carbocycles. The van der Waals surface area contributed by atoms with Crippen molar-refractivity contribution in [2.75, 3.05) is 13.2 Å². The van der Waals surface area contributed by atoms with Crippen LogP contribution < -0.4 is 0 Å². The van der Waals surface area contributed by atoms with E-state index in [2.05, 4.69) is 20.8 Å². The van der Waals surface area contributed by atoms with Crippen LogP contribution in [-0.2, 0) is 4.74 Å². The highest BCUT2D eigenvalue weighted by Gasteiger charge is 2.12. The van der Waals surface area contributed by atoms with Crippen molar-refractivity contribution >= 4 is 28.7 Å². The van der Waals surface area contributed by atoms with E-state index < -0.39 is 0 Å². The van der Waals surface area contributed by atoms with Gasteiger partial charge in [0.25, 0.3) is 0 Å². The van der Waals surface area contributed by atoms with E-state index in [1.54, 1.807) is 12.1 Å². The standard InChI is InChI=1S/C12H17ClO2S/c1-12(2,3)6-7-15-8-9(14)10-4-5-11(13)16-10/h4-5H,6-8H2,1-3H3. The third kappa shape index (κ3) is 5.10. The van der Waals surface area contributed by atoms with Crippen molar-refractivity contribution in [3.05, 3.63) is 21.3 Å². The SMILES string of the molecule is CC(C)(C)CCOCC(=O)c1ccc(Cl)s1. The van der Waals surface area contributed by atoms with Gasteiger partial charge in [-0.25, -0.2) is 0 Å². The van der Waals surface area contributed by atoms with Crippen LogP contribution in [0.3, 0.4) is 0 Å². The first kappa shape index (κ1) is 13.7. The summed E-state index contributed by atoms with van der Waals surface area (Å²) >= 11 is 7.05. The van der Waals surface area contributed by atoms with Crippen LogP contribution in [0.1, 0.15) is 36.9 Å². The molecule has 0 saturated heterocycles. The molecule has 1 aromatic heterocycles. The van der Waals surface area contributed by atoms with Gasteiger partial charge in [-0.1, -0.05) is 32.4 Å². The Morgan fingerprint density at radius 1 is 1.44 bits per heavy atom. The molecule has 0 amide bonds. The molecule has 0 spiro atoms. The number of rotatable bonds is 5. The maximum atomic E-state index is 11.6. The van der Waals surface area contributed by atoms with Crippen LogP contribution in [-0.4, -0.2) is 19.0 Å². The second-order valence-corrected chi connectivity index (χ2v) is 6.61. The van der Waals surface area contributed by atoms with Crippen molar-refractivity contribution in [1.29, 1.82) is 0 Å². The Labute approximate surface area is 106 Å². The van der Waals surface area contributed by atoms with Gasteiger partial charge in [-0.2, -0.15) is 0 Å². The molecule has 0 bridgehead atoms. The van der Waals surface area contributed by atoms with Crippen LogP contribution >= 0.6 is 22.9 Å². The van der Waals surface area contributed by atoms with E-state index in [1.165, 1.54) is 11.3 Å². The fraction of sp³-hybridized carbons (Fsp3) is 0.583. The lowest BCUT2D eigenvalue weighted by molar-refractivity contribution is 0.0709. The molecule has 1 rings (SSSR count). The molecule has 0 aliphatic heterocycles. The third-order valence-corrected chi connectivity index (χ3v) is 3.35. The lowest BCUT2D eigenvalue weighted by Crippen LogP contribution is -2.13. The Morgan fingerprint density at radius 2 is 2.12 bits per heavy atom. The second kappa shape index (κ2) is 5.80. The van der Waals surface area contributed by atoms with E-state index in [-0.39, 0.29) is 17.8 Å². The largest absolute Gasteiger partial charge is 0.373 e. The number of ether oxygens (including phenoxy) is 1. The van der Waals surface area contributed by atoms with E-state index in [0.29, 0.717) is 15.8 Å². The molecule has 0 saturated carbocycles. The number of thiophene rings is 1. The quantitative estimate of drug-likeness (QED) is 0.590. The van der Waals surface area contributed by atoms with Gasteiger partial charge in [0.2, 0.25) is 0 Å². The molecule has 2 nitrogen and oxygen atoms in total. The van der Waals surface area contributed by atoms with Crippen molar-refractivity contribution in [2.24, 2.45) is 5.41 Å². The number of carbonyl (C=O) groups is 1. The molecule has 1 heterocycles. The van der Waals surface area contributed by atoms with Gasteiger partial charge in [0.1, 0.15) is 6.61 Å². The molecule has 0 radical (unpaired) electrons. The van der Waals surface area contributed by atoms with Gasteiger partial charge in [0.05, 0.1) is 9.21 Å². The molecule has 16 heavy (non-hydrogen) atoms. The smallest absolute Gasteiger partial charge is 0.198 e. The normalized spacial score (nSPS) is 11.8.